The van der Waals surface area contributed by atoms with E-state index in [1.165, 1.54) is 12.1 Å². The molecule has 0 radical (unpaired) electrons. The topological polar surface area (TPSA) is 88.6 Å². The average Bonchev–Trinajstić information content (AvgIpc) is 2.81. The Kier molecular flexibility index (Phi) is 6.36. The number of nitrogens with two attached hydrogens (primary N) is 1. The SMILES string of the molecule is CCOc1cc([C@@H]2C(C#N)=C(N)N(C)C3=C2C(=O)CCC3)ccc1OCc1cccc(F)c1. The summed E-state index contributed by atoms with van der Waals surface area (Å²) in [4.78, 5) is 14.7. The molecule has 1 aliphatic carbocycles. The molecule has 1 heterocycles. The first-order valence-corrected chi connectivity index (χ1v) is 11.0. The summed E-state index contributed by atoms with van der Waals surface area (Å²) in [6.45, 7) is 2.45. The summed E-state index contributed by atoms with van der Waals surface area (Å²) in [6, 6.07) is 13.8. The number of rotatable bonds is 6. The van der Waals surface area contributed by atoms with Crippen LogP contribution in [0.2, 0.25) is 0 Å². The van der Waals surface area contributed by atoms with Crippen molar-refractivity contribution in [2.24, 2.45) is 5.73 Å². The number of hydrogen-bond donors (Lipinski definition) is 1. The summed E-state index contributed by atoms with van der Waals surface area (Å²) < 4.78 is 25.2. The normalized spacial score (nSPS) is 18.2. The minimum atomic E-state index is -0.550. The number of hydrogen-bond acceptors (Lipinski definition) is 6. The number of ether oxygens (including phenoxy) is 2. The molecule has 2 aromatic carbocycles. The van der Waals surface area contributed by atoms with Gasteiger partial charge in [-0.25, -0.2) is 4.39 Å². The second-order valence-corrected chi connectivity index (χ2v) is 8.10. The van der Waals surface area contributed by atoms with Crippen molar-refractivity contribution in [2.45, 2.75) is 38.7 Å². The fourth-order valence-electron chi connectivity index (χ4n) is 4.48. The van der Waals surface area contributed by atoms with Gasteiger partial charge in [0.1, 0.15) is 18.2 Å². The van der Waals surface area contributed by atoms with Gasteiger partial charge in [-0.05, 0) is 55.2 Å². The molecule has 0 amide bonds. The van der Waals surface area contributed by atoms with Gasteiger partial charge in [0.25, 0.3) is 0 Å². The van der Waals surface area contributed by atoms with Crippen LogP contribution in [0.25, 0.3) is 0 Å². The Morgan fingerprint density at radius 2 is 2.00 bits per heavy atom. The molecule has 0 bridgehead atoms. The quantitative estimate of drug-likeness (QED) is 0.700. The van der Waals surface area contributed by atoms with Gasteiger partial charge in [-0.1, -0.05) is 18.2 Å². The number of carbonyl (C=O) groups is 1. The lowest BCUT2D eigenvalue weighted by molar-refractivity contribution is -0.116. The van der Waals surface area contributed by atoms with E-state index in [0.717, 1.165) is 24.1 Å². The summed E-state index contributed by atoms with van der Waals surface area (Å²) in [6.07, 6.45) is 1.95. The van der Waals surface area contributed by atoms with Gasteiger partial charge < -0.3 is 20.1 Å². The number of nitriles is 1. The summed E-state index contributed by atoms with van der Waals surface area (Å²) >= 11 is 0. The number of ketones is 1. The lowest BCUT2D eigenvalue weighted by atomic mass is 9.76. The standard InChI is InChI=1S/C26H26FN3O3/c1-3-32-23-13-17(10-11-22(23)33-15-16-6-4-7-18(27)12-16)24-19(14-28)26(29)30(2)20-8-5-9-21(31)25(20)24/h4,6-7,10-13,24H,3,5,8-9,15,29H2,1-2H3/t24-/m1/s1. The van der Waals surface area contributed by atoms with Crippen molar-refractivity contribution in [3.63, 3.8) is 0 Å². The number of allylic oxidation sites excluding steroid dienone is 3. The van der Waals surface area contributed by atoms with Crippen LogP contribution in [-0.2, 0) is 11.4 Å². The highest BCUT2D eigenvalue weighted by Crippen LogP contribution is 2.45. The fraction of sp³-hybridized carbons (Fsp3) is 0.308. The monoisotopic (exact) mass is 447 g/mol. The highest BCUT2D eigenvalue weighted by Gasteiger charge is 2.38. The van der Waals surface area contributed by atoms with Gasteiger partial charge in [0.2, 0.25) is 0 Å². The van der Waals surface area contributed by atoms with Crippen LogP contribution in [0.5, 0.6) is 11.5 Å². The Hall–Kier alpha value is -3.79. The van der Waals surface area contributed by atoms with E-state index < -0.39 is 5.92 Å². The maximum atomic E-state index is 13.5. The molecule has 0 saturated heterocycles. The van der Waals surface area contributed by atoms with Crippen LogP contribution in [0.15, 0.2) is 65.1 Å². The van der Waals surface area contributed by atoms with Gasteiger partial charge in [-0.15, -0.1) is 0 Å². The number of benzene rings is 2. The molecule has 0 spiro atoms. The van der Waals surface area contributed by atoms with Crippen LogP contribution < -0.4 is 15.2 Å². The summed E-state index contributed by atoms with van der Waals surface area (Å²) in [7, 11) is 1.80. The van der Waals surface area contributed by atoms with E-state index in [-0.39, 0.29) is 18.2 Å². The molecule has 170 valence electrons. The minimum absolute atomic E-state index is 0.0396. The highest BCUT2D eigenvalue weighted by atomic mass is 19.1. The van der Waals surface area contributed by atoms with Crippen LogP contribution in [0.4, 0.5) is 4.39 Å². The maximum Gasteiger partial charge on any atom is 0.161 e. The molecule has 0 saturated carbocycles. The van der Waals surface area contributed by atoms with Crippen molar-refractivity contribution in [1.29, 1.82) is 5.26 Å². The molecular weight excluding hydrogens is 421 g/mol. The zero-order valence-corrected chi connectivity index (χ0v) is 18.7. The number of halogens is 1. The van der Waals surface area contributed by atoms with Crippen LogP contribution in [0, 0.1) is 17.1 Å². The molecule has 6 nitrogen and oxygen atoms in total. The first-order valence-electron chi connectivity index (χ1n) is 11.0. The molecule has 1 atom stereocenters. The first kappa shape index (κ1) is 22.4. The zero-order valence-electron chi connectivity index (χ0n) is 18.7. The molecule has 0 fully saturated rings. The minimum Gasteiger partial charge on any atom is -0.490 e. The van der Waals surface area contributed by atoms with E-state index >= 15 is 0 Å². The van der Waals surface area contributed by atoms with Crippen LogP contribution in [0.1, 0.15) is 43.2 Å². The average molecular weight is 448 g/mol. The van der Waals surface area contributed by atoms with Crippen molar-refractivity contribution in [3.8, 4) is 17.6 Å². The zero-order chi connectivity index (χ0) is 23.5. The van der Waals surface area contributed by atoms with Gasteiger partial charge in [-0.3, -0.25) is 4.79 Å². The Morgan fingerprint density at radius 3 is 2.73 bits per heavy atom. The van der Waals surface area contributed by atoms with Crippen molar-refractivity contribution < 1.29 is 18.7 Å². The molecule has 33 heavy (non-hydrogen) atoms. The molecule has 2 aromatic rings. The Balaban J connectivity index is 1.73. The molecular formula is C26H26FN3O3. The van der Waals surface area contributed by atoms with E-state index in [1.54, 1.807) is 36.2 Å². The number of carbonyl (C=O) groups excluding carboxylic acids is 1. The van der Waals surface area contributed by atoms with Crippen LogP contribution >= 0.6 is 0 Å². The lowest BCUT2D eigenvalue weighted by Crippen LogP contribution is -2.36. The second-order valence-electron chi connectivity index (χ2n) is 8.10. The number of Topliss-reactive ketones (excluding diaryl/α,β-unsaturated/α-hetero) is 1. The van der Waals surface area contributed by atoms with Gasteiger partial charge in [0.15, 0.2) is 17.3 Å². The fourth-order valence-corrected chi connectivity index (χ4v) is 4.48. The lowest BCUT2D eigenvalue weighted by Gasteiger charge is -2.37. The Morgan fingerprint density at radius 1 is 1.18 bits per heavy atom. The number of nitrogens with zero attached hydrogens (tertiary/aromatic N) is 2. The summed E-state index contributed by atoms with van der Waals surface area (Å²) in [5.74, 6) is 0.515. The van der Waals surface area contributed by atoms with Gasteiger partial charge in [0.05, 0.1) is 24.2 Å². The van der Waals surface area contributed by atoms with Crippen molar-refractivity contribution in [3.05, 3.63) is 82.1 Å². The summed E-state index contributed by atoms with van der Waals surface area (Å²) in [5.41, 5.74) is 9.61. The predicted molar refractivity (Wildman–Crippen MR) is 122 cm³/mol. The molecule has 1 aliphatic heterocycles. The van der Waals surface area contributed by atoms with Crippen LogP contribution in [0.3, 0.4) is 0 Å². The van der Waals surface area contributed by atoms with Crippen molar-refractivity contribution in [1.82, 2.24) is 4.90 Å². The first-order chi connectivity index (χ1) is 15.9. The summed E-state index contributed by atoms with van der Waals surface area (Å²) in [5, 5.41) is 9.91. The highest BCUT2D eigenvalue weighted by molar-refractivity contribution is 5.99. The van der Waals surface area contributed by atoms with E-state index in [1.807, 2.05) is 13.0 Å². The molecule has 0 unspecified atom stereocenters. The third-order valence-electron chi connectivity index (χ3n) is 6.05. The molecule has 0 aromatic heterocycles. The van der Waals surface area contributed by atoms with Crippen LogP contribution in [-0.4, -0.2) is 24.3 Å². The predicted octanol–water partition coefficient (Wildman–Crippen LogP) is 4.53. The molecule has 2 aliphatic rings. The van der Waals surface area contributed by atoms with E-state index in [9.17, 15) is 14.4 Å². The van der Waals surface area contributed by atoms with Gasteiger partial charge in [0, 0.05) is 24.7 Å². The second kappa shape index (κ2) is 9.37. The largest absolute Gasteiger partial charge is 0.490 e. The van der Waals surface area contributed by atoms with Crippen molar-refractivity contribution >= 4 is 5.78 Å². The molecule has 2 N–H and O–H groups in total. The molecule has 4 rings (SSSR count). The Labute approximate surface area is 192 Å². The van der Waals surface area contributed by atoms with E-state index in [4.69, 9.17) is 15.2 Å². The molecule has 7 heteroatoms. The van der Waals surface area contributed by atoms with Gasteiger partial charge in [-0.2, -0.15) is 5.26 Å². The van der Waals surface area contributed by atoms with Gasteiger partial charge >= 0.3 is 0 Å². The van der Waals surface area contributed by atoms with E-state index in [0.29, 0.717) is 47.1 Å². The van der Waals surface area contributed by atoms with E-state index in [2.05, 4.69) is 6.07 Å². The third kappa shape index (κ3) is 4.29. The third-order valence-corrected chi connectivity index (χ3v) is 6.05. The Bertz CT molecular complexity index is 1200. The van der Waals surface area contributed by atoms with Crippen molar-refractivity contribution in [2.75, 3.05) is 13.7 Å². The maximum absolute atomic E-state index is 13.5. The smallest absolute Gasteiger partial charge is 0.161 e.